The molecule has 6 rings (SSSR count). The number of hydrogen-bond acceptors (Lipinski definition) is 7. The van der Waals surface area contributed by atoms with Crippen LogP contribution < -0.4 is 10.2 Å². The molecule has 0 atom stereocenters. The van der Waals surface area contributed by atoms with Gasteiger partial charge in [0.1, 0.15) is 11.6 Å². The molecule has 0 unspecified atom stereocenters. The minimum Gasteiger partial charge on any atom is -0.368 e. The van der Waals surface area contributed by atoms with Crippen LogP contribution in [0.3, 0.4) is 0 Å². The number of benzene rings is 1. The summed E-state index contributed by atoms with van der Waals surface area (Å²) < 4.78 is 14.8. The van der Waals surface area contributed by atoms with Crippen LogP contribution in [-0.2, 0) is 0 Å². The van der Waals surface area contributed by atoms with Crippen LogP contribution in [0.15, 0.2) is 72.0 Å². The van der Waals surface area contributed by atoms with Gasteiger partial charge in [-0.2, -0.15) is 0 Å². The SMILES string of the molecule is CC(C)N1CCN(c2ccc(Nc3cnc4ccc(C5=CCCCN=C5c5cc(Cl)ccc5F)nc4c3)nc2)CC1. The Balaban J connectivity index is 1.22. The second-order valence-corrected chi connectivity index (χ2v) is 11.2. The van der Waals surface area contributed by atoms with Crippen molar-refractivity contribution in [3.63, 3.8) is 0 Å². The van der Waals surface area contributed by atoms with E-state index >= 15 is 0 Å². The highest BCUT2D eigenvalue weighted by atomic mass is 35.5. The molecule has 0 aliphatic carbocycles. The largest absolute Gasteiger partial charge is 0.368 e. The first-order valence-electron chi connectivity index (χ1n) is 14.1. The fourth-order valence-corrected chi connectivity index (χ4v) is 5.53. The molecule has 1 aromatic carbocycles. The minimum atomic E-state index is -0.355. The Hall–Kier alpha value is -3.88. The number of aliphatic imine (C=N–C) groups is 1. The summed E-state index contributed by atoms with van der Waals surface area (Å²) in [7, 11) is 0. The highest BCUT2D eigenvalue weighted by molar-refractivity contribution is 6.34. The van der Waals surface area contributed by atoms with Gasteiger partial charge in [-0.25, -0.2) is 14.4 Å². The second kappa shape index (κ2) is 11.9. The molecular weight excluding hydrogens is 537 g/mol. The van der Waals surface area contributed by atoms with Crippen LogP contribution in [0, 0.1) is 5.82 Å². The van der Waals surface area contributed by atoms with Crippen molar-refractivity contribution in [3.05, 3.63) is 89.1 Å². The van der Waals surface area contributed by atoms with E-state index in [2.05, 4.69) is 51.1 Å². The Labute approximate surface area is 244 Å². The zero-order valence-corrected chi connectivity index (χ0v) is 24.1. The molecule has 210 valence electrons. The topological polar surface area (TPSA) is 69.5 Å². The van der Waals surface area contributed by atoms with Crippen LogP contribution in [0.5, 0.6) is 0 Å². The molecule has 7 nitrogen and oxygen atoms in total. The molecule has 9 heteroatoms. The van der Waals surface area contributed by atoms with Crippen LogP contribution in [0.2, 0.25) is 5.02 Å². The van der Waals surface area contributed by atoms with Gasteiger partial charge in [-0.15, -0.1) is 0 Å². The summed E-state index contributed by atoms with van der Waals surface area (Å²) in [5.41, 5.74) is 5.90. The van der Waals surface area contributed by atoms with E-state index in [4.69, 9.17) is 21.6 Å². The first-order valence-corrected chi connectivity index (χ1v) is 14.5. The van der Waals surface area contributed by atoms with Gasteiger partial charge in [0.15, 0.2) is 0 Å². The molecule has 0 radical (unpaired) electrons. The maximum atomic E-state index is 14.8. The van der Waals surface area contributed by atoms with Gasteiger partial charge in [-0.1, -0.05) is 17.7 Å². The van der Waals surface area contributed by atoms with Crippen molar-refractivity contribution in [2.24, 2.45) is 4.99 Å². The molecule has 0 bridgehead atoms. The number of nitrogens with one attached hydrogen (secondary N) is 1. The number of piperazine rings is 1. The number of fused-ring (bicyclic) bond motifs is 1. The Morgan fingerprint density at radius 3 is 2.56 bits per heavy atom. The molecule has 0 saturated carbocycles. The van der Waals surface area contributed by atoms with Gasteiger partial charge < -0.3 is 10.2 Å². The number of nitrogens with zero attached hydrogens (tertiary/aromatic N) is 6. The summed E-state index contributed by atoms with van der Waals surface area (Å²) in [5.74, 6) is 0.385. The van der Waals surface area contributed by atoms with Crippen molar-refractivity contribution in [2.45, 2.75) is 32.7 Å². The third-order valence-electron chi connectivity index (χ3n) is 7.66. The first-order chi connectivity index (χ1) is 19.9. The molecule has 0 spiro atoms. The maximum Gasteiger partial charge on any atom is 0.132 e. The molecule has 1 fully saturated rings. The molecular formula is C32H33ClFN7. The fourth-order valence-electron chi connectivity index (χ4n) is 5.36. The first kappa shape index (κ1) is 27.3. The lowest BCUT2D eigenvalue weighted by molar-refractivity contribution is 0.209. The monoisotopic (exact) mass is 569 g/mol. The van der Waals surface area contributed by atoms with Crippen molar-refractivity contribution < 1.29 is 4.39 Å². The number of allylic oxidation sites excluding steroid dienone is 2. The molecule has 4 aromatic rings. The number of anilines is 3. The minimum absolute atomic E-state index is 0.355. The van der Waals surface area contributed by atoms with Gasteiger partial charge in [0.25, 0.3) is 0 Å². The number of halogens is 2. The highest BCUT2D eigenvalue weighted by Crippen LogP contribution is 2.28. The summed E-state index contributed by atoms with van der Waals surface area (Å²) in [5, 5.41) is 3.83. The van der Waals surface area contributed by atoms with Crippen molar-refractivity contribution in [2.75, 3.05) is 42.9 Å². The van der Waals surface area contributed by atoms with Gasteiger partial charge in [-0.05, 0) is 75.2 Å². The average Bonchev–Trinajstić information content (AvgIpc) is 3.25. The molecule has 1 saturated heterocycles. The summed E-state index contributed by atoms with van der Waals surface area (Å²) in [6, 6.07) is 15.1. The number of pyridine rings is 3. The molecule has 2 aliphatic heterocycles. The van der Waals surface area contributed by atoms with E-state index in [0.29, 0.717) is 28.9 Å². The van der Waals surface area contributed by atoms with Gasteiger partial charge in [0.2, 0.25) is 0 Å². The third-order valence-corrected chi connectivity index (χ3v) is 7.90. The van der Waals surface area contributed by atoms with Gasteiger partial charge in [-0.3, -0.25) is 14.9 Å². The van der Waals surface area contributed by atoms with E-state index in [1.807, 2.05) is 30.5 Å². The predicted octanol–water partition coefficient (Wildman–Crippen LogP) is 6.76. The van der Waals surface area contributed by atoms with Crippen LogP contribution in [0.25, 0.3) is 16.6 Å². The number of hydrogen-bond donors (Lipinski definition) is 1. The Morgan fingerprint density at radius 1 is 0.927 bits per heavy atom. The van der Waals surface area contributed by atoms with Gasteiger partial charge >= 0.3 is 0 Å². The zero-order valence-electron chi connectivity index (χ0n) is 23.3. The Morgan fingerprint density at radius 2 is 1.78 bits per heavy atom. The smallest absolute Gasteiger partial charge is 0.132 e. The standard InChI is InChI=1S/C32H33ClFN7/c1-21(2)40-13-15-41(16-14-40)24-7-11-31(37-20-24)38-23-18-30-29(36-19-23)10-9-28(39-30)25-5-3-4-12-35-32(25)26-17-22(33)6-8-27(26)34/h5-11,17-21H,3-4,12-16H2,1-2H3,(H,37,38). The summed E-state index contributed by atoms with van der Waals surface area (Å²) >= 11 is 6.22. The molecule has 0 amide bonds. The Kier molecular flexibility index (Phi) is 7.94. The summed E-state index contributed by atoms with van der Waals surface area (Å²) in [6.07, 6.45) is 7.51. The number of aromatic nitrogens is 3. The lowest BCUT2D eigenvalue weighted by atomic mass is 9.97. The second-order valence-electron chi connectivity index (χ2n) is 10.7. The van der Waals surface area contributed by atoms with Crippen molar-refractivity contribution in [1.29, 1.82) is 0 Å². The maximum absolute atomic E-state index is 14.8. The molecule has 41 heavy (non-hydrogen) atoms. The van der Waals surface area contributed by atoms with E-state index in [9.17, 15) is 4.39 Å². The molecule has 3 aromatic heterocycles. The molecule has 1 N–H and O–H groups in total. The van der Waals surface area contributed by atoms with E-state index in [0.717, 1.165) is 78.5 Å². The van der Waals surface area contributed by atoms with Gasteiger partial charge in [0.05, 0.1) is 46.2 Å². The van der Waals surface area contributed by atoms with E-state index < -0.39 is 0 Å². The fraction of sp³-hybridized carbons (Fsp3) is 0.312. The third kappa shape index (κ3) is 6.09. The molecule has 5 heterocycles. The lowest BCUT2D eigenvalue weighted by Gasteiger charge is -2.38. The van der Waals surface area contributed by atoms with Crippen LogP contribution >= 0.6 is 11.6 Å². The quantitative estimate of drug-likeness (QED) is 0.277. The normalized spacial score (nSPS) is 16.5. The van der Waals surface area contributed by atoms with Crippen molar-refractivity contribution >= 4 is 51.1 Å². The van der Waals surface area contributed by atoms with Gasteiger partial charge in [0, 0.05) is 54.9 Å². The van der Waals surface area contributed by atoms with Crippen molar-refractivity contribution in [1.82, 2.24) is 19.9 Å². The van der Waals surface area contributed by atoms with Crippen molar-refractivity contribution in [3.8, 4) is 0 Å². The van der Waals surface area contributed by atoms with E-state index in [1.165, 1.54) is 6.07 Å². The molecule has 2 aliphatic rings. The predicted molar refractivity (Wildman–Crippen MR) is 166 cm³/mol. The van der Waals surface area contributed by atoms with Crippen LogP contribution in [0.1, 0.15) is 37.9 Å². The van der Waals surface area contributed by atoms with Crippen LogP contribution in [0.4, 0.5) is 21.6 Å². The van der Waals surface area contributed by atoms with Crippen LogP contribution in [-0.4, -0.2) is 64.3 Å². The summed E-state index contributed by atoms with van der Waals surface area (Å²) in [6.45, 7) is 9.24. The summed E-state index contributed by atoms with van der Waals surface area (Å²) in [4.78, 5) is 23.8. The van der Waals surface area contributed by atoms with E-state index in [-0.39, 0.29) is 5.82 Å². The average molecular weight is 570 g/mol. The van der Waals surface area contributed by atoms with E-state index in [1.54, 1.807) is 18.3 Å². The number of rotatable bonds is 6. The highest BCUT2D eigenvalue weighted by Gasteiger charge is 2.21. The zero-order chi connectivity index (χ0) is 28.3. The lowest BCUT2D eigenvalue weighted by Crippen LogP contribution is -2.48. The Bertz CT molecular complexity index is 1610.